The molecular weight excluding hydrogens is 392 g/mol. The fourth-order valence-electron chi connectivity index (χ4n) is 2.60. The molecule has 4 rings (SSSR count). The van der Waals surface area contributed by atoms with Crippen LogP contribution in [0.1, 0.15) is 46.9 Å². The Morgan fingerprint density at radius 1 is 0.935 bits per heavy atom. The van der Waals surface area contributed by atoms with Gasteiger partial charge in [0.1, 0.15) is 6.29 Å². The number of benzene rings is 2. The number of nitrogens with one attached hydrogen (secondary N) is 2. The van der Waals surface area contributed by atoms with E-state index in [0.29, 0.717) is 12.8 Å². The summed E-state index contributed by atoms with van der Waals surface area (Å²) in [5.74, 6) is 0.0237. The van der Waals surface area contributed by atoms with Crippen LogP contribution in [0.5, 0.6) is 0 Å². The predicted molar refractivity (Wildman–Crippen MR) is 121 cm³/mol. The van der Waals surface area contributed by atoms with Gasteiger partial charge in [0.15, 0.2) is 0 Å². The maximum Gasteiger partial charge on any atom is 0.267 e. The summed E-state index contributed by atoms with van der Waals surface area (Å²) in [5, 5.41) is 10.1. The molecule has 160 valence electrons. The van der Waals surface area contributed by atoms with Gasteiger partial charge in [-0.05, 0) is 31.9 Å². The Labute approximate surface area is 181 Å². The lowest BCUT2D eigenvalue weighted by Crippen LogP contribution is -2.23. The molecule has 2 heterocycles. The summed E-state index contributed by atoms with van der Waals surface area (Å²) in [6.07, 6.45) is 2.89. The van der Waals surface area contributed by atoms with Crippen LogP contribution in [0.15, 0.2) is 76.6 Å². The van der Waals surface area contributed by atoms with Crippen molar-refractivity contribution in [2.45, 2.75) is 33.1 Å². The van der Waals surface area contributed by atoms with Gasteiger partial charge in [-0.1, -0.05) is 60.7 Å². The van der Waals surface area contributed by atoms with Gasteiger partial charge in [0.05, 0.1) is 5.69 Å². The molecule has 0 spiro atoms. The molecule has 2 aromatic carbocycles. The van der Waals surface area contributed by atoms with Crippen molar-refractivity contribution in [1.82, 2.24) is 15.6 Å². The van der Waals surface area contributed by atoms with Crippen molar-refractivity contribution in [3.8, 4) is 0 Å². The molecule has 7 heteroatoms. The van der Waals surface area contributed by atoms with E-state index in [1.165, 1.54) is 0 Å². The number of H-pyrrole nitrogens is 1. The lowest BCUT2D eigenvalue weighted by Gasteiger charge is -2.06. The molecule has 0 aliphatic carbocycles. The average molecular weight is 418 g/mol. The Kier molecular flexibility index (Phi) is 9.55. The van der Waals surface area contributed by atoms with Crippen molar-refractivity contribution in [3.63, 3.8) is 0 Å². The number of aldehydes is 1. The number of aryl methyl sites for hydroxylation is 1. The molecule has 2 N–H and O–H groups in total. The van der Waals surface area contributed by atoms with Gasteiger partial charge in [-0.15, -0.1) is 0 Å². The van der Waals surface area contributed by atoms with E-state index in [4.69, 9.17) is 0 Å². The summed E-state index contributed by atoms with van der Waals surface area (Å²) < 4.78 is 0. The lowest BCUT2D eigenvalue weighted by atomic mass is 10.1. The largest absolute Gasteiger partial charge is 0.298 e. The maximum atomic E-state index is 11.5. The number of hydrogen-bond acceptors (Lipinski definition) is 5. The van der Waals surface area contributed by atoms with E-state index >= 15 is 0 Å². The topological polar surface area (TPSA) is 104 Å². The number of carbonyl (C=O) groups is 2. The normalized spacial score (nSPS) is 12.2. The quantitative estimate of drug-likeness (QED) is 0.636. The number of carbonyl (C=O) groups excluding carboxylic acids is 2. The smallest absolute Gasteiger partial charge is 0.267 e. The van der Waals surface area contributed by atoms with Crippen molar-refractivity contribution >= 4 is 17.9 Å². The summed E-state index contributed by atoms with van der Waals surface area (Å²) in [7, 11) is 0. The molecule has 0 bridgehead atoms. The van der Waals surface area contributed by atoms with Gasteiger partial charge in [-0.3, -0.25) is 14.4 Å². The van der Waals surface area contributed by atoms with Crippen LogP contribution in [0.3, 0.4) is 0 Å². The van der Waals surface area contributed by atoms with Crippen molar-refractivity contribution in [1.29, 1.82) is 0 Å². The first-order valence-electron chi connectivity index (χ1n) is 9.89. The fourth-order valence-corrected chi connectivity index (χ4v) is 2.60. The minimum absolute atomic E-state index is 0.0237. The first-order chi connectivity index (χ1) is 15.0. The van der Waals surface area contributed by atoms with Crippen LogP contribution in [0.4, 0.5) is 0 Å². The third-order valence-corrected chi connectivity index (χ3v) is 4.27. The molecule has 3 aromatic rings. The second-order valence-corrected chi connectivity index (χ2v) is 6.94. The monoisotopic (exact) mass is 418 g/mol. The highest BCUT2D eigenvalue weighted by Gasteiger charge is 2.05. The van der Waals surface area contributed by atoms with Gasteiger partial charge in [-0.2, -0.15) is 10.2 Å². The Bertz CT molecular complexity index is 1060. The van der Waals surface area contributed by atoms with Crippen LogP contribution in [0.25, 0.3) is 0 Å². The van der Waals surface area contributed by atoms with E-state index in [2.05, 4.69) is 20.7 Å². The van der Waals surface area contributed by atoms with Crippen molar-refractivity contribution in [3.05, 3.63) is 99.5 Å². The van der Waals surface area contributed by atoms with E-state index in [9.17, 15) is 14.4 Å². The average Bonchev–Trinajstić information content (AvgIpc) is 2.80. The summed E-state index contributed by atoms with van der Waals surface area (Å²) in [6, 6.07) is 20.8. The zero-order chi connectivity index (χ0) is 22.5. The van der Waals surface area contributed by atoms with E-state index in [-0.39, 0.29) is 11.5 Å². The first-order valence-corrected chi connectivity index (χ1v) is 9.89. The minimum atomic E-state index is -0.107. The molecule has 7 nitrogen and oxygen atoms in total. The minimum Gasteiger partial charge on any atom is -0.298 e. The number of rotatable bonds is 3. The van der Waals surface area contributed by atoms with Crippen molar-refractivity contribution in [2.24, 2.45) is 5.10 Å². The van der Waals surface area contributed by atoms with Crippen LogP contribution in [0, 0.1) is 6.92 Å². The molecule has 1 aromatic heterocycles. The Morgan fingerprint density at radius 3 is 2.10 bits per heavy atom. The third kappa shape index (κ3) is 8.99. The second kappa shape index (κ2) is 12.6. The molecule has 0 atom stereocenters. The molecular formula is C24H26N4O3. The van der Waals surface area contributed by atoms with E-state index in [0.717, 1.165) is 40.8 Å². The lowest BCUT2D eigenvalue weighted by molar-refractivity contribution is -0.121. The molecule has 0 unspecified atom stereocenters. The number of aromatic amines is 1. The third-order valence-electron chi connectivity index (χ3n) is 4.27. The van der Waals surface area contributed by atoms with Gasteiger partial charge < -0.3 is 0 Å². The van der Waals surface area contributed by atoms with Gasteiger partial charge in [0.25, 0.3) is 5.56 Å². The molecule has 1 aliphatic heterocycles. The summed E-state index contributed by atoms with van der Waals surface area (Å²) >= 11 is 0. The van der Waals surface area contributed by atoms with E-state index in [1.54, 1.807) is 12.1 Å². The highest BCUT2D eigenvalue weighted by atomic mass is 16.2. The van der Waals surface area contributed by atoms with Crippen molar-refractivity contribution < 1.29 is 9.59 Å². The zero-order valence-corrected chi connectivity index (χ0v) is 17.7. The molecule has 31 heavy (non-hydrogen) atoms. The second-order valence-electron chi connectivity index (χ2n) is 6.94. The molecule has 1 aliphatic rings. The molecule has 0 radical (unpaired) electrons. The summed E-state index contributed by atoms with van der Waals surface area (Å²) in [6.45, 7) is 3.77. The number of hydrazone groups is 1. The molecule has 0 saturated heterocycles. The summed E-state index contributed by atoms with van der Waals surface area (Å²) in [5.41, 5.74) is 6.73. The summed E-state index contributed by atoms with van der Waals surface area (Å²) in [4.78, 5) is 31.9. The van der Waals surface area contributed by atoms with Crippen LogP contribution in [0.2, 0.25) is 0 Å². The van der Waals surface area contributed by atoms with Gasteiger partial charge >= 0.3 is 0 Å². The Hall–Kier alpha value is -3.87. The van der Waals surface area contributed by atoms with Crippen LogP contribution in [-0.4, -0.2) is 28.1 Å². The SMILES string of the molecule is CC1=NNC(=O)CC1.Cc1cc(Cc2ccccc2)c(=O)[nH]n1.O=Cc1ccccc1. The van der Waals surface area contributed by atoms with E-state index in [1.807, 2.05) is 68.4 Å². The van der Waals surface area contributed by atoms with Crippen LogP contribution >= 0.6 is 0 Å². The van der Waals surface area contributed by atoms with Crippen LogP contribution < -0.4 is 11.0 Å². The number of hydrogen-bond donors (Lipinski definition) is 2. The Balaban J connectivity index is 0.000000181. The number of aromatic nitrogens is 2. The molecule has 1 amide bonds. The zero-order valence-electron chi connectivity index (χ0n) is 17.7. The maximum absolute atomic E-state index is 11.5. The Morgan fingerprint density at radius 2 is 1.58 bits per heavy atom. The highest BCUT2D eigenvalue weighted by molar-refractivity contribution is 5.90. The fraction of sp³-hybridized carbons (Fsp3) is 0.208. The first kappa shape index (κ1) is 23.4. The van der Waals surface area contributed by atoms with Crippen molar-refractivity contribution in [2.75, 3.05) is 0 Å². The van der Waals surface area contributed by atoms with Gasteiger partial charge in [0, 0.05) is 29.7 Å². The van der Waals surface area contributed by atoms with Gasteiger partial charge in [0.2, 0.25) is 5.91 Å². The standard InChI is InChI=1S/C12H12N2O.C7H6O.C5H8N2O/c1-9-7-11(12(15)14-13-9)8-10-5-3-2-4-6-10;8-6-7-4-2-1-3-5-7;1-4-2-3-5(8)7-6-4/h2-7H,8H2,1H3,(H,14,15);1-6H;2-3H2,1H3,(H,7,8). The number of amides is 1. The van der Waals surface area contributed by atoms with Crippen LogP contribution in [-0.2, 0) is 11.2 Å². The molecule has 0 saturated carbocycles. The van der Waals surface area contributed by atoms with Gasteiger partial charge in [-0.25, -0.2) is 10.5 Å². The van der Waals surface area contributed by atoms with E-state index < -0.39 is 0 Å². The predicted octanol–water partition coefficient (Wildman–Crippen LogP) is 3.44. The number of nitrogens with zero attached hydrogens (tertiary/aromatic N) is 2. The molecule has 0 fully saturated rings. The highest BCUT2D eigenvalue weighted by Crippen LogP contribution is 2.05.